The van der Waals surface area contributed by atoms with Gasteiger partial charge in [0, 0.05) is 12.2 Å². The summed E-state index contributed by atoms with van der Waals surface area (Å²) in [5, 5.41) is 0. The van der Waals surface area contributed by atoms with E-state index in [-0.39, 0.29) is 44.0 Å². The predicted octanol–water partition coefficient (Wildman–Crippen LogP) is 4.41. The molecule has 0 aromatic rings. The van der Waals surface area contributed by atoms with Crippen molar-refractivity contribution in [2.24, 2.45) is 0 Å². The van der Waals surface area contributed by atoms with Gasteiger partial charge in [-0.1, -0.05) is 123 Å². The number of esters is 2. The van der Waals surface area contributed by atoms with Crippen molar-refractivity contribution in [1.29, 1.82) is 0 Å². The fourth-order valence-corrected chi connectivity index (χ4v) is 4.52. The zero-order valence-electron chi connectivity index (χ0n) is 24.2. The molecule has 208 valence electrons. The zero-order valence-corrected chi connectivity index (χ0v) is 26.0. The quantitative estimate of drug-likeness (QED) is 0.0633. The molecule has 1 unspecified atom stereocenters. The molecule has 1 N–H and O–H groups in total. The topological polar surface area (TPSA) is 107 Å². The second-order valence-corrected chi connectivity index (χ2v) is 10.9. The Balaban J connectivity index is -0.00000578. The van der Waals surface area contributed by atoms with Crippen LogP contribution in [-0.4, -0.2) is 37.0 Å². The third-order valence-electron chi connectivity index (χ3n) is 6.01. The van der Waals surface area contributed by atoms with Crippen LogP contribution in [0.25, 0.3) is 0 Å². The van der Waals surface area contributed by atoms with Gasteiger partial charge in [-0.2, -0.15) is 8.42 Å². The average Bonchev–Trinajstić information content (AvgIpc) is 2.81. The van der Waals surface area contributed by atoms with Crippen LogP contribution < -0.4 is 29.6 Å². The van der Waals surface area contributed by atoms with Gasteiger partial charge in [0.1, 0.15) is 0 Å². The molecule has 0 aromatic heterocycles. The maximum atomic E-state index is 11.6. The first kappa shape index (κ1) is 37.7. The SMILES string of the molecule is CCCCCCCCCCCCCCCCCCCCOC(=O)C=CC(=O)OC(CC)S(=O)(=O)O.[H-].[Na+]. The van der Waals surface area contributed by atoms with E-state index in [2.05, 4.69) is 11.7 Å². The first-order valence-corrected chi connectivity index (χ1v) is 15.3. The summed E-state index contributed by atoms with van der Waals surface area (Å²) in [5.41, 5.74) is -1.64. The molecule has 7 nitrogen and oxygen atoms in total. The van der Waals surface area contributed by atoms with Crippen molar-refractivity contribution < 1.29 is 63.0 Å². The van der Waals surface area contributed by atoms with E-state index < -0.39 is 27.5 Å². The molecular formula is C27H51NaO7S. The van der Waals surface area contributed by atoms with Crippen LogP contribution in [0.2, 0.25) is 0 Å². The third kappa shape index (κ3) is 25.2. The molecule has 0 bridgehead atoms. The average molecular weight is 543 g/mol. The molecule has 36 heavy (non-hydrogen) atoms. The van der Waals surface area contributed by atoms with Crippen LogP contribution in [0.15, 0.2) is 12.2 Å². The maximum Gasteiger partial charge on any atom is 1.00 e. The standard InChI is InChI=1S/C27H50O7S.Na.H/c1-3-5-6-7-8-9-10-11-12-13-14-15-16-17-18-19-20-21-24-33-25(28)22-23-26(29)34-27(4-2)35(30,31)32;;/h22-23,27H,3-21,24H2,1-2H3,(H,30,31,32);;/q;+1;-1. The number of unbranched alkanes of at least 4 members (excludes halogenated alkanes) is 17. The largest absolute Gasteiger partial charge is 1.00 e. The molecule has 0 aliphatic carbocycles. The molecule has 0 rings (SSSR count). The minimum Gasteiger partial charge on any atom is -1.00 e. The molecule has 0 aliphatic heterocycles. The van der Waals surface area contributed by atoms with Crippen LogP contribution >= 0.6 is 0 Å². The molecule has 0 aromatic carbocycles. The van der Waals surface area contributed by atoms with Crippen molar-refractivity contribution in [2.75, 3.05) is 6.61 Å². The molecule has 0 fully saturated rings. The van der Waals surface area contributed by atoms with E-state index >= 15 is 0 Å². The summed E-state index contributed by atoms with van der Waals surface area (Å²) in [6.45, 7) is 3.99. The zero-order chi connectivity index (χ0) is 26.2. The minimum absolute atomic E-state index is 0. The summed E-state index contributed by atoms with van der Waals surface area (Å²) < 4.78 is 40.5. The molecule has 0 radical (unpaired) electrons. The first-order valence-electron chi connectivity index (χ1n) is 13.8. The Morgan fingerprint density at radius 2 is 1.06 bits per heavy atom. The molecule has 0 spiro atoms. The number of hydrogen-bond acceptors (Lipinski definition) is 6. The van der Waals surface area contributed by atoms with Crippen molar-refractivity contribution in [3.63, 3.8) is 0 Å². The fourth-order valence-electron chi connectivity index (χ4n) is 3.88. The first-order chi connectivity index (χ1) is 16.8. The van der Waals surface area contributed by atoms with Gasteiger partial charge in [-0.25, -0.2) is 9.59 Å². The van der Waals surface area contributed by atoms with Gasteiger partial charge >= 0.3 is 51.6 Å². The van der Waals surface area contributed by atoms with Crippen molar-refractivity contribution in [3.05, 3.63) is 12.2 Å². The van der Waals surface area contributed by atoms with Crippen LogP contribution in [0.1, 0.15) is 137 Å². The van der Waals surface area contributed by atoms with E-state index in [4.69, 9.17) is 9.29 Å². The van der Waals surface area contributed by atoms with E-state index in [0.717, 1.165) is 31.4 Å². The van der Waals surface area contributed by atoms with Crippen LogP contribution in [0.3, 0.4) is 0 Å². The van der Waals surface area contributed by atoms with Crippen LogP contribution in [0.5, 0.6) is 0 Å². The molecule has 9 heteroatoms. The summed E-state index contributed by atoms with van der Waals surface area (Å²) in [6, 6.07) is 0. The summed E-state index contributed by atoms with van der Waals surface area (Å²) >= 11 is 0. The minimum atomic E-state index is -4.48. The Morgan fingerprint density at radius 3 is 1.42 bits per heavy atom. The van der Waals surface area contributed by atoms with Crippen LogP contribution in [0.4, 0.5) is 0 Å². The maximum absolute atomic E-state index is 11.6. The normalized spacial score (nSPS) is 12.3. The number of hydrogen-bond donors (Lipinski definition) is 1. The van der Waals surface area contributed by atoms with Gasteiger partial charge in [0.05, 0.1) is 6.61 Å². The molecule has 0 aliphatic rings. The Bertz CT molecular complexity index is 672. The monoisotopic (exact) mass is 542 g/mol. The van der Waals surface area contributed by atoms with Gasteiger partial charge < -0.3 is 10.9 Å². The van der Waals surface area contributed by atoms with E-state index in [1.54, 1.807) is 0 Å². The summed E-state index contributed by atoms with van der Waals surface area (Å²) in [6.07, 6.45) is 24.8. The van der Waals surface area contributed by atoms with E-state index in [1.165, 1.54) is 103 Å². The van der Waals surface area contributed by atoms with Gasteiger partial charge in [-0.3, -0.25) is 4.55 Å². The van der Waals surface area contributed by atoms with Gasteiger partial charge in [0.2, 0.25) is 5.44 Å². The third-order valence-corrected chi connectivity index (χ3v) is 7.10. The Labute approximate surface area is 244 Å². The molecule has 0 heterocycles. The Morgan fingerprint density at radius 1 is 0.694 bits per heavy atom. The summed E-state index contributed by atoms with van der Waals surface area (Å²) in [4.78, 5) is 23.1. The van der Waals surface area contributed by atoms with Crippen molar-refractivity contribution in [1.82, 2.24) is 0 Å². The van der Waals surface area contributed by atoms with Gasteiger partial charge in [-0.05, 0) is 12.8 Å². The van der Waals surface area contributed by atoms with Crippen molar-refractivity contribution >= 4 is 22.1 Å². The molecule has 0 amide bonds. The second-order valence-electron chi connectivity index (χ2n) is 9.30. The number of rotatable bonds is 24. The van der Waals surface area contributed by atoms with Crippen molar-refractivity contribution in [3.8, 4) is 0 Å². The van der Waals surface area contributed by atoms with E-state index in [0.29, 0.717) is 0 Å². The van der Waals surface area contributed by atoms with Crippen molar-refractivity contribution in [2.45, 2.75) is 141 Å². The fraction of sp³-hybridized carbons (Fsp3) is 0.852. The number of ether oxygens (including phenoxy) is 2. The smallest absolute Gasteiger partial charge is 1.00 e. The molecule has 0 saturated carbocycles. The molecular weight excluding hydrogens is 491 g/mol. The second kappa shape index (κ2) is 26.2. The van der Waals surface area contributed by atoms with E-state index in [9.17, 15) is 18.0 Å². The van der Waals surface area contributed by atoms with Gasteiger partial charge in [0.15, 0.2) is 0 Å². The Kier molecular flexibility index (Phi) is 27.5. The predicted molar refractivity (Wildman–Crippen MR) is 142 cm³/mol. The van der Waals surface area contributed by atoms with Gasteiger partial charge in [0.25, 0.3) is 0 Å². The summed E-state index contributed by atoms with van der Waals surface area (Å²) in [5.74, 6) is -1.71. The Hall–Kier alpha value is -0.410. The molecule has 1 atom stereocenters. The van der Waals surface area contributed by atoms with Crippen LogP contribution in [0, 0.1) is 0 Å². The van der Waals surface area contributed by atoms with Gasteiger partial charge in [-0.15, -0.1) is 0 Å². The molecule has 0 saturated heterocycles. The number of carbonyl (C=O) groups excluding carboxylic acids is 2. The summed E-state index contributed by atoms with van der Waals surface area (Å²) in [7, 11) is -4.48. The number of carbonyl (C=O) groups is 2. The van der Waals surface area contributed by atoms with Crippen LogP contribution in [-0.2, 0) is 29.2 Å². The van der Waals surface area contributed by atoms with E-state index in [1.807, 2.05) is 0 Å².